The Hall–Kier alpha value is -1.39. The van der Waals surface area contributed by atoms with Crippen molar-refractivity contribution in [2.24, 2.45) is 0 Å². The van der Waals surface area contributed by atoms with Gasteiger partial charge in [-0.05, 0) is 32.9 Å². The van der Waals surface area contributed by atoms with Crippen molar-refractivity contribution in [3.05, 3.63) is 28.3 Å². The number of nitrogens with zero attached hydrogens (tertiary/aromatic N) is 1. The van der Waals surface area contributed by atoms with Crippen LogP contribution >= 0.6 is 10.7 Å². The molecule has 0 heterocycles. The third-order valence-corrected chi connectivity index (χ3v) is 5.95. The van der Waals surface area contributed by atoms with Crippen LogP contribution in [0.5, 0.6) is 0 Å². The van der Waals surface area contributed by atoms with Gasteiger partial charge in [0.1, 0.15) is 5.69 Å². The Morgan fingerprint density at radius 2 is 1.71 bits per heavy atom. The van der Waals surface area contributed by atoms with Gasteiger partial charge in [0, 0.05) is 16.7 Å². The maximum absolute atomic E-state index is 12.0. The Kier molecular flexibility index (Phi) is 4.56. The largest absolute Gasteiger partial charge is 0.294 e. The third kappa shape index (κ3) is 4.05. The Morgan fingerprint density at radius 3 is 2.10 bits per heavy atom. The summed E-state index contributed by atoms with van der Waals surface area (Å²) in [6.45, 7) is 4.25. The van der Waals surface area contributed by atoms with Gasteiger partial charge in [-0.25, -0.2) is 16.8 Å². The lowest BCUT2D eigenvalue weighted by atomic mass is 10.3. The fourth-order valence-electron chi connectivity index (χ4n) is 1.20. The Bertz CT molecular complexity index is 780. The highest BCUT2D eigenvalue weighted by Gasteiger charge is 2.31. The molecule has 0 amide bonds. The second-order valence-corrected chi connectivity index (χ2v) is 10.1. The number of halogens is 1. The summed E-state index contributed by atoms with van der Waals surface area (Å²) in [4.78, 5) is 9.58. The highest BCUT2D eigenvalue weighted by molar-refractivity contribution is 8.13. The average molecular weight is 357 g/mol. The van der Waals surface area contributed by atoms with Crippen LogP contribution in [0.15, 0.2) is 23.1 Å². The van der Waals surface area contributed by atoms with E-state index in [1.807, 2.05) is 0 Å². The number of nitro benzene ring substituents is 1. The van der Waals surface area contributed by atoms with E-state index in [2.05, 4.69) is 4.72 Å². The molecule has 1 rings (SSSR count). The molecule has 11 heteroatoms. The SMILES string of the molecule is CC(C)(C)S(=O)(=O)Nc1ccc(S(=O)(=O)Cl)cc1[N+](=O)[O-]. The predicted molar refractivity (Wildman–Crippen MR) is 78.4 cm³/mol. The van der Waals surface area contributed by atoms with E-state index in [1.165, 1.54) is 20.8 Å². The molecule has 1 N–H and O–H groups in total. The average Bonchev–Trinajstić information content (AvgIpc) is 2.25. The number of sulfonamides is 1. The molecule has 8 nitrogen and oxygen atoms in total. The summed E-state index contributed by atoms with van der Waals surface area (Å²) < 4.78 is 47.2. The first-order chi connectivity index (χ1) is 9.25. The molecule has 0 aromatic heterocycles. The molecule has 0 aliphatic carbocycles. The summed E-state index contributed by atoms with van der Waals surface area (Å²) in [5.74, 6) is 0. The predicted octanol–water partition coefficient (Wildman–Crippen LogP) is 2.06. The number of rotatable bonds is 4. The lowest BCUT2D eigenvalue weighted by molar-refractivity contribution is -0.384. The van der Waals surface area contributed by atoms with Crippen LogP contribution in [0.25, 0.3) is 0 Å². The second kappa shape index (κ2) is 5.43. The number of nitro groups is 1. The monoisotopic (exact) mass is 356 g/mol. The normalized spacial score (nSPS) is 13.0. The minimum absolute atomic E-state index is 0.334. The van der Waals surface area contributed by atoms with E-state index < -0.39 is 39.3 Å². The molecule has 0 bridgehead atoms. The van der Waals surface area contributed by atoms with Gasteiger partial charge in [0.05, 0.1) is 14.6 Å². The van der Waals surface area contributed by atoms with Crippen molar-refractivity contribution in [3.63, 3.8) is 0 Å². The van der Waals surface area contributed by atoms with Crippen LogP contribution in [0.3, 0.4) is 0 Å². The smallest absolute Gasteiger partial charge is 0.277 e. The lowest BCUT2D eigenvalue weighted by Crippen LogP contribution is -2.33. The van der Waals surface area contributed by atoms with Gasteiger partial charge in [-0.2, -0.15) is 0 Å². The molecule has 0 atom stereocenters. The van der Waals surface area contributed by atoms with Gasteiger partial charge in [-0.1, -0.05) is 0 Å². The van der Waals surface area contributed by atoms with E-state index in [-0.39, 0.29) is 5.69 Å². The maximum atomic E-state index is 12.0. The maximum Gasteiger partial charge on any atom is 0.294 e. The molecular weight excluding hydrogens is 344 g/mol. The van der Waals surface area contributed by atoms with E-state index in [1.54, 1.807) is 0 Å². The van der Waals surface area contributed by atoms with Crippen molar-refractivity contribution < 1.29 is 21.8 Å². The zero-order valence-electron chi connectivity index (χ0n) is 11.3. The molecule has 0 spiro atoms. The molecule has 0 radical (unpaired) electrons. The van der Waals surface area contributed by atoms with Crippen molar-refractivity contribution in [1.82, 2.24) is 0 Å². The van der Waals surface area contributed by atoms with Crippen molar-refractivity contribution in [2.75, 3.05) is 4.72 Å². The Balaban J connectivity index is 3.43. The van der Waals surface area contributed by atoms with Gasteiger partial charge in [0.2, 0.25) is 10.0 Å². The van der Waals surface area contributed by atoms with Crippen molar-refractivity contribution >= 4 is 41.1 Å². The van der Waals surface area contributed by atoms with Crippen LogP contribution in [0.1, 0.15) is 20.8 Å². The Labute approximate surface area is 126 Å². The van der Waals surface area contributed by atoms with Gasteiger partial charge in [0.25, 0.3) is 14.7 Å². The highest BCUT2D eigenvalue weighted by atomic mass is 35.7. The molecule has 21 heavy (non-hydrogen) atoms. The van der Waals surface area contributed by atoms with E-state index >= 15 is 0 Å². The van der Waals surface area contributed by atoms with Crippen LogP contribution in [-0.4, -0.2) is 26.5 Å². The van der Waals surface area contributed by atoms with Gasteiger partial charge in [-0.15, -0.1) is 0 Å². The zero-order chi connectivity index (χ0) is 16.6. The summed E-state index contributed by atoms with van der Waals surface area (Å²) in [6.07, 6.45) is 0. The molecule has 0 fully saturated rings. The first-order valence-electron chi connectivity index (χ1n) is 5.51. The minimum atomic E-state index is -4.16. The highest BCUT2D eigenvalue weighted by Crippen LogP contribution is 2.31. The standard InChI is InChI=1S/C10H13ClN2O6S2/c1-10(2,3)21(18,19)12-8-5-4-7(20(11,16)17)6-9(8)13(14)15/h4-6,12H,1-3H3. The fraction of sp³-hybridized carbons (Fsp3) is 0.400. The zero-order valence-corrected chi connectivity index (χ0v) is 13.7. The summed E-state index contributed by atoms with van der Waals surface area (Å²) >= 11 is 0. The fourth-order valence-corrected chi connectivity index (χ4v) is 2.74. The molecular formula is C10H13ClN2O6S2. The van der Waals surface area contributed by atoms with E-state index in [4.69, 9.17) is 10.7 Å². The van der Waals surface area contributed by atoms with Gasteiger partial charge >= 0.3 is 0 Å². The summed E-state index contributed by atoms with van der Waals surface area (Å²) in [5, 5.41) is 11.0. The minimum Gasteiger partial charge on any atom is -0.277 e. The first-order valence-corrected chi connectivity index (χ1v) is 9.30. The van der Waals surface area contributed by atoms with Crippen molar-refractivity contribution in [1.29, 1.82) is 0 Å². The van der Waals surface area contributed by atoms with Crippen molar-refractivity contribution in [2.45, 2.75) is 30.4 Å². The molecule has 0 saturated carbocycles. The molecule has 1 aromatic rings. The number of nitrogens with one attached hydrogen (secondary N) is 1. The van der Waals surface area contributed by atoms with E-state index in [0.29, 0.717) is 6.07 Å². The number of benzene rings is 1. The molecule has 0 aliphatic rings. The lowest BCUT2D eigenvalue weighted by Gasteiger charge is -2.20. The van der Waals surface area contributed by atoms with Gasteiger partial charge in [0.15, 0.2) is 0 Å². The van der Waals surface area contributed by atoms with Crippen LogP contribution in [0.2, 0.25) is 0 Å². The van der Waals surface area contributed by atoms with Crippen LogP contribution < -0.4 is 4.72 Å². The van der Waals surface area contributed by atoms with Gasteiger partial charge in [-0.3, -0.25) is 14.8 Å². The number of hydrogen-bond donors (Lipinski definition) is 1. The van der Waals surface area contributed by atoms with Crippen molar-refractivity contribution in [3.8, 4) is 0 Å². The van der Waals surface area contributed by atoms with Crippen LogP contribution in [0.4, 0.5) is 11.4 Å². The molecule has 118 valence electrons. The summed E-state index contributed by atoms with van der Waals surface area (Å²) in [6, 6.07) is 2.66. The Morgan fingerprint density at radius 1 is 1.19 bits per heavy atom. The van der Waals surface area contributed by atoms with E-state index in [0.717, 1.165) is 12.1 Å². The number of anilines is 1. The summed E-state index contributed by atoms with van der Waals surface area (Å²) in [7, 11) is -2.94. The quantitative estimate of drug-likeness (QED) is 0.500. The second-order valence-electron chi connectivity index (χ2n) is 5.09. The first kappa shape index (κ1) is 17.7. The van der Waals surface area contributed by atoms with Gasteiger partial charge < -0.3 is 0 Å². The third-order valence-electron chi connectivity index (χ3n) is 2.50. The number of hydrogen-bond acceptors (Lipinski definition) is 6. The molecule has 0 saturated heterocycles. The molecule has 0 unspecified atom stereocenters. The molecule has 0 aliphatic heterocycles. The van der Waals surface area contributed by atoms with E-state index in [9.17, 15) is 26.9 Å². The topological polar surface area (TPSA) is 123 Å². The molecule has 1 aromatic carbocycles. The summed E-state index contributed by atoms with van der Waals surface area (Å²) in [5.41, 5.74) is -1.04. The van der Waals surface area contributed by atoms with Crippen LogP contribution in [-0.2, 0) is 19.1 Å². The van der Waals surface area contributed by atoms with Crippen LogP contribution in [0, 0.1) is 10.1 Å².